The Morgan fingerprint density at radius 1 is 0.833 bits per heavy atom. The van der Waals surface area contributed by atoms with Gasteiger partial charge in [-0.05, 0) is 55.5 Å². The van der Waals surface area contributed by atoms with Gasteiger partial charge in [0.2, 0.25) is 0 Å². The fraction of sp³-hybridized carbons (Fsp3) is 0.440. The van der Waals surface area contributed by atoms with Gasteiger partial charge >= 0.3 is 0 Å². The molecule has 30 heavy (non-hydrogen) atoms. The number of anilines is 1. The largest absolute Gasteiger partial charge is 0.369 e. The van der Waals surface area contributed by atoms with Gasteiger partial charge in [0.25, 0.3) is 5.91 Å². The zero-order chi connectivity index (χ0) is 20.6. The maximum absolute atomic E-state index is 12.4. The van der Waals surface area contributed by atoms with Crippen LogP contribution in [0.15, 0.2) is 59.7 Å². The van der Waals surface area contributed by atoms with Crippen LogP contribution in [-0.2, 0) is 6.54 Å². The molecule has 1 aliphatic heterocycles. The van der Waals surface area contributed by atoms with Crippen molar-refractivity contribution in [2.24, 2.45) is 5.10 Å². The number of carbonyl (C=O) groups is 1. The summed E-state index contributed by atoms with van der Waals surface area (Å²) in [5, 5.41) is 4.37. The van der Waals surface area contributed by atoms with Crippen molar-refractivity contribution in [2.75, 3.05) is 31.1 Å². The van der Waals surface area contributed by atoms with E-state index in [1.807, 2.05) is 12.1 Å². The fourth-order valence-electron chi connectivity index (χ4n) is 4.27. The third-order valence-corrected chi connectivity index (χ3v) is 6.11. The monoisotopic (exact) mass is 404 g/mol. The van der Waals surface area contributed by atoms with Gasteiger partial charge in [0.1, 0.15) is 0 Å². The number of nitrogens with zero attached hydrogens (tertiary/aromatic N) is 3. The number of para-hydroxylation sites is 1. The van der Waals surface area contributed by atoms with E-state index in [0.29, 0.717) is 5.56 Å². The van der Waals surface area contributed by atoms with Crippen LogP contribution < -0.4 is 10.3 Å². The third-order valence-electron chi connectivity index (χ3n) is 6.11. The van der Waals surface area contributed by atoms with Gasteiger partial charge in [-0.25, -0.2) is 5.43 Å². The Hall–Kier alpha value is -2.66. The Bertz CT molecular complexity index is 829. The van der Waals surface area contributed by atoms with Crippen LogP contribution in [0.1, 0.15) is 54.4 Å². The van der Waals surface area contributed by atoms with Crippen molar-refractivity contribution in [3.8, 4) is 0 Å². The molecule has 2 aliphatic rings. The highest BCUT2D eigenvalue weighted by Crippen LogP contribution is 2.17. The predicted molar refractivity (Wildman–Crippen MR) is 123 cm³/mol. The molecule has 1 amide bonds. The minimum Gasteiger partial charge on any atom is -0.369 e. The molecular formula is C25H32N4O. The molecule has 0 spiro atoms. The lowest BCUT2D eigenvalue weighted by Gasteiger charge is -2.36. The Morgan fingerprint density at radius 3 is 2.17 bits per heavy atom. The second kappa shape index (κ2) is 10.4. The van der Waals surface area contributed by atoms with Crippen molar-refractivity contribution in [3.05, 3.63) is 65.7 Å². The fourth-order valence-corrected chi connectivity index (χ4v) is 4.27. The van der Waals surface area contributed by atoms with Crippen molar-refractivity contribution in [1.29, 1.82) is 0 Å². The molecule has 2 aromatic carbocycles. The molecule has 158 valence electrons. The van der Waals surface area contributed by atoms with Crippen molar-refractivity contribution in [2.45, 2.75) is 45.1 Å². The Balaban J connectivity index is 1.25. The highest BCUT2D eigenvalue weighted by Gasteiger charge is 2.17. The summed E-state index contributed by atoms with van der Waals surface area (Å²) < 4.78 is 0. The minimum atomic E-state index is -0.116. The molecule has 2 fully saturated rings. The summed E-state index contributed by atoms with van der Waals surface area (Å²) in [6, 6.07) is 18.6. The van der Waals surface area contributed by atoms with E-state index in [9.17, 15) is 4.79 Å². The maximum Gasteiger partial charge on any atom is 0.271 e. The molecule has 2 aromatic rings. The van der Waals surface area contributed by atoms with Gasteiger partial charge in [-0.1, -0.05) is 43.2 Å². The number of carbonyl (C=O) groups excluding carboxylic acids is 1. The molecule has 0 radical (unpaired) electrons. The number of hydrogen-bond acceptors (Lipinski definition) is 4. The van der Waals surface area contributed by atoms with Gasteiger partial charge in [0.15, 0.2) is 0 Å². The molecule has 0 bridgehead atoms. The first-order valence-electron chi connectivity index (χ1n) is 11.2. The molecule has 4 rings (SSSR count). The summed E-state index contributed by atoms with van der Waals surface area (Å²) in [6.07, 6.45) is 6.94. The lowest BCUT2D eigenvalue weighted by atomic mass is 10.1. The molecular weight excluding hydrogens is 372 g/mol. The number of hydrazone groups is 1. The number of nitrogens with one attached hydrogen (secondary N) is 1. The second-order valence-electron chi connectivity index (χ2n) is 8.33. The van der Waals surface area contributed by atoms with Crippen LogP contribution in [0.3, 0.4) is 0 Å². The maximum atomic E-state index is 12.4. The highest BCUT2D eigenvalue weighted by molar-refractivity contribution is 5.95. The zero-order valence-electron chi connectivity index (χ0n) is 17.7. The SMILES string of the molecule is O=C(NN=C1CCCCCC1)c1ccc(CN2CCN(c3ccccc3)CC2)cc1. The number of rotatable bonds is 5. The van der Waals surface area contributed by atoms with Crippen LogP contribution in [0.25, 0.3) is 0 Å². The molecule has 1 saturated carbocycles. The average molecular weight is 405 g/mol. The van der Waals surface area contributed by atoms with Crippen molar-refractivity contribution < 1.29 is 4.79 Å². The Labute approximate surface area is 179 Å². The van der Waals surface area contributed by atoms with Gasteiger partial charge in [0.05, 0.1) is 0 Å². The standard InChI is InChI=1S/C25H32N4O/c30-25(27-26-23-8-4-1-2-5-9-23)22-14-12-21(13-15-22)20-28-16-18-29(19-17-28)24-10-6-3-7-11-24/h3,6-7,10-15H,1-2,4-5,8-9,16-20H2,(H,27,30). The molecule has 0 atom stereocenters. The first-order chi connectivity index (χ1) is 14.8. The normalized spacial score (nSPS) is 18.0. The van der Waals surface area contributed by atoms with Crippen molar-refractivity contribution in [1.82, 2.24) is 10.3 Å². The smallest absolute Gasteiger partial charge is 0.271 e. The van der Waals surface area contributed by atoms with Crippen molar-refractivity contribution in [3.63, 3.8) is 0 Å². The van der Waals surface area contributed by atoms with Gasteiger partial charge in [-0.3, -0.25) is 9.69 Å². The molecule has 5 nitrogen and oxygen atoms in total. The van der Waals surface area contributed by atoms with Crippen LogP contribution in [-0.4, -0.2) is 42.7 Å². The quantitative estimate of drug-likeness (QED) is 0.592. The molecule has 1 heterocycles. The van der Waals surface area contributed by atoms with Crippen LogP contribution in [0, 0.1) is 0 Å². The van der Waals surface area contributed by atoms with E-state index in [2.05, 4.69) is 62.8 Å². The van der Waals surface area contributed by atoms with E-state index in [1.54, 1.807) is 0 Å². The lowest BCUT2D eigenvalue weighted by molar-refractivity contribution is 0.0954. The molecule has 0 aromatic heterocycles. The van der Waals surface area contributed by atoms with E-state index in [0.717, 1.165) is 51.3 Å². The van der Waals surface area contributed by atoms with Crippen LogP contribution >= 0.6 is 0 Å². The Morgan fingerprint density at radius 2 is 1.50 bits per heavy atom. The first kappa shape index (κ1) is 20.6. The van der Waals surface area contributed by atoms with E-state index < -0.39 is 0 Å². The van der Waals surface area contributed by atoms with Gasteiger partial charge < -0.3 is 4.90 Å². The molecule has 1 N–H and O–H groups in total. The predicted octanol–water partition coefficient (Wildman–Crippen LogP) is 4.45. The summed E-state index contributed by atoms with van der Waals surface area (Å²) >= 11 is 0. The summed E-state index contributed by atoms with van der Waals surface area (Å²) in [6.45, 7) is 5.12. The lowest BCUT2D eigenvalue weighted by Crippen LogP contribution is -2.45. The zero-order valence-corrected chi connectivity index (χ0v) is 17.7. The third kappa shape index (κ3) is 5.70. The van der Waals surface area contributed by atoms with E-state index in [4.69, 9.17) is 0 Å². The Kier molecular flexibility index (Phi) is 7.14. The highest BCUT2D eigenvalue weighted by atomic mass is 16.2. The number of hydrogen-bond donors (Lipinski definition) is 1. The summed E-state index contributed by atoms with van der Waals surface area (Å²) in [5.41, 5.74) is 7.10. The second-order valence-corrected chi connectivity index (χ2v) is 8.33. The average Bonchev–Trinajstić information content (AvgIpc) is 3.08. The van der Waals surface area contributed by atoms with Crippen LogP contribution in [0.4, 0.5) is 5.69 Å². The molecule has 5 heteroatoms. The topological polar surface area (TPSA) is 47.9 Å². The number of benzene rings is 2. The number of piperazine rings is 1. The molecule has 1 saturated heterocycles. The van der Waals surface area contributed by atoms with E-state index in [1.165, 1.54) is 36.9 Å². The first-order valence-corrected chi connectivity index (χ1v) is 11.2. The van der Waals surface area contributed by atoms with Gasteiger partial charge in [-0.2, -0.15) is 5.10 Å². The van der Waals surface area contributed by atoms with E-state index >= 15 is 0 Å². The minimum absolute atomic E-state index is 0.116. The molecule has 1 aliphatic carbocycles. The number of amides is 1. The van der Waals surface area contributed by atoms with Gasteiger partial charge in [0, 0.05) is 49.7 Å². The molecule has 0 unspecified atom stereocenters. The van der Waals surface area contributed by atoms with Crippen LogP contribution in [0.2, 0.25) is 0 Å². The summed E-state index contributed by atoms with van der Waals surface area (Å²) in [5.74, 6) is -0.116. The van der Waals surface area contributed by atoms with Gasteiger partial charge in [-0.15, -0.1) is 0 Å². The van der Waals surface area contributed by atoms with E-state index in [-0.39, 0.29) is 5.91 Å². The summed E-state index contributed by atoms with van der Waals surface area (Å²) in [7, 11) is 0. The van der Waals surface area contributed by atoms with Crippen LogP contribution in [0.5, 0.6) is 0 Å². The van der Waals surface area contributed by atoms with Crippen molar-refractivity contribution >= 4 is 17.3 Å². The summed E-state index contributed by atoms with van der Waals surface area (Å²) in [4.78, 5) is 17.3.